The smallest absolute Gasteiger partial charge is 0.255 e. The number of hydroxylamine groups is 1. The lowest BCUT2D eigenvalue weighted by molar-refractivity contribution is -0.153. The Labute approximate surface area is 134 Å². The number of nitrogens with zero attached hydrogens (tertiary/aromatic N) is 1. The van der Waals surface area contributed by atoms with E-state index in [4.69, 9.17) is 21.8 Å². The molecule has 0 aliphatic carbocycles. The maximum Gasteiger partial charge on any atom is 0.255 e. The van der Waals surface area contributed by atoms with E-state index < -0.39 is 0 Å². The van der Waals surface area contributed by atoms with E-state index in [1.807, 2.05) is 12.1 Å². The summed E-state index contributed by atoms with van der Waals surface area (Å²) in [5.41, 5.74) is 8.63. The molecule has 2 aromatic carbocycles. The van der Waals surface area contributed by atoms with Crippen molar-refractivity contribution in [1.82, 2.24) is 5.17 Å². The fraction of sp³-hybridized carbons (Fsp3) is 0.125. The van der Waals surface area contributed by atoms with Crippen LogP contribution in [0.1, 0.15) is 21.5 Å². The summed E-state index contributed by atoms with van der Waals surface area (Å²) in [7, 11) is 1.59. The zero-order valence-corrected chi connectivity index (χ0v) is 12.7. The molecule has 0 saturated heterocycles. The first-order valence-electron chi connectivity index (χ1n) is 6.91. The summed E-state index contributed by atoms with van der Waals surface area (Å²) >= 11 is 0. The average molecular weight is 313 g/mol. The van der Waals surface area contributed by atoms with Gasteiger partial charge in [0.2, 0.25) is 0 Å². The molecular weight excluding hydrogens is 294 g/mol. The molecule has 0 radical (unpaired) electrons. The summed E-state index contributed by atoms with van der Waals surface area (Å²) < 4.78 is 0. The highest BCUT2D eigenvalue weighted by atomic mass is 16.7. The van der Waals surface area contributed by atoms with Gasteiger partial charge in [0.1, 0.15) is 0 Å². The molecule has 0 aromatic heterocycles. The Morgan fingerprint density at radius 3 is 2.83 bits per heavy atom. The van der Waals surface area contributed by atoms with Gasteiger partial charge in [0.15, 0.2) is 0 Å². The number of amides is 1. The molecule has 0 saturated carbocycles. The van der Waals surface area contributed by atoms with Crippen LogP contribution in [0, 0.1) is 5.41 Å². The number of benzene rings is 2. The molecule has 0 bridgehead atoms. The molecule has 2 rings (SSSR count). The van der Waals surface area contributed by atoms with Crippen LogP contribution < -0.4 is 16.9 Å². The molecular formula is C16H19N5O2. The number of carbonyl (C=O) groups excluding carboxylic acids is 1. The number of carbonyl (C=O) groups is 1. The van der Waals surface area contributed by atoms with E-state index in [1.165, 1.54) is 0 Å². The van der Waals surface area contributed by atoms with Gasteiger partial charge in [0.05, 0.1) is 6.61 Å². The Bertz CT molecular complexity index is 715. The highest BCUT2D eigenvalue weighted by Gasteiger charge is 2.08. The maximum absolute atomic E-state index is 12.3. The lowest BCUT2D eigenvalue weighted by Gasteiger charge is -2.11. The van der Waals surface area contributed by atoms with E-state index in [2.05, 4.69) is 5.32 Å². The van der Waals surface area contributed by atoms with Crippen LogP contribution in [0.5, 0.6) is 0 Å². The summed E-state index contributed by atoms with van der Waals surface area (Å²) in [6.07, 6.45) is 1.12. The summed E-state index contributed by atoms with van der Waals surface area (Å²) in [5, 5.41) is 11.2. The number of nitrogen functional groups attached to an aromatic ring is 1. The van der Waals surface area contributed by atoms with Gasteiger partial charge in [-0.1, -0.05) is 12.1 Å². The van der Waals surface area contributed by atoms with Crippen molar-refractivity contribution in [2.45, 2.75) is 6.61 Å². The molecule has 0 aliphatic rings. The zero-order chi connectivity index (χ0) is 16.8. The third-order valence-electron chi connectivity index (χ3n) is 3.12. The van der Waals surface area contributed by atoms with Crippen molar-refractivity contribution >= 4 is 23.5 Å². The molecule has 0 heterocycles. The van der Waals surface area contributed by atoms with Gasteiger partial charge in [-0.15, -0.1) is 5.17 Å². The number of nitrogens with two attached hydrogens (primary N) is 2. The predicted molar refractivity (Wildman–Crippen MR) is 89.9 cm³/mol. The fourth-order valence-electron chi connectivity index (χ4n) is 1.96. The molecule has 0 unspecified atom stereocenters. The zero-order valence-electron chi connectivity index (χ0n) is 12.7. The van der Waals surface area contributed by atoms with Gasteiger partial charge in [0.25, 0.3) is 5.91 Å². The van der Waals surface area contributed by atoms with Crippen molar-refractivity contribution in [3.05, 3.63) is 59.2 Å². The van der Waals surface area contributed by atoms with Crippen LogP contribution in [0.4, 0.5) is 11.4 Å². The van der Waals surface area contributed by atoms with E-state index in [-0.39, 0.29) is 5.91 Å². The monoisotopic (exact) mass is 313 g/mol. The van der Waals surface area contributed by atoms with Crippen LogP contribution in [0.15, 0.2) is 42.5 Å². The standard InChI is InChI=1S/C16H19N5O2/c1-21(19)23-10-11-3-2-4-14(7-11)20-16(22)12-5-6-15(18)13(8-12)9-17/h2-9,17H,10,18-19H2,1H3,(H,20,22). The number of anilines is 2. The third-order valence-corrected chi connectivity index (χ3v) is 3.12. The molecule has 0 spiro atoms. The Hall–Kier alpha value is -2.74. The van der Waals surface area contributed by atoms with Gasteiger partial charge in [-0.25, -0.2) is 5.84 Å². The highest BCUT2D eigenvalue weighted by Crippen LogP contribution is 2.16. The number of hydrogen-bond acceptors (Lipinski definition) is 6. The third kappa shape index (κ3) is 4.62. The Balaban J connectivity index is 2.11. The van der Waals surface area contributed by atoms with Crippen molar-refractivity contribution in [1.29, 1.82) is 5.41 Å². The number of hydrazine groups is 1. The average Bonchev–Trinajstić information content (AvgIpc) is 2.53. The van der Waals surface area contributed by atoms with Crippen molar-refractivity contribution < 1.29 is 9.63 Å². The van der Waals surface area contributed by atoms with Crippen molar-refractivity contribution in [2.75, 3.05) is 18.1 Å². The Morgan fingerprint density at radius 1 is 1.35 bits per heavy atom. The molecule has 0 fully saturated rings. The first-order chi connectivity index (χ1) is 11.0. The Kier molecular flexibility index (Phi) is 5.42. The summed E-state index contributed by atoms with van der Waals surface area (Å²) in [5.74, 6) is 5.11. The Morgan fingerprint density at radius 2 is 2.13 bits per heavy atom. The molecule has 7 heteroatoms. The first kappa shape index (κ1) is 16.6. The summed E-state index contributed by atoms with van der Waals surface area (Å²) in [6, 6.07) is 12.1. The molecule has 0 atom stereocenters. The number of hydrogen-bond donors (Lipinski definition) is 4. The van der Waals surface area contributed by atoms with Gasteiger partial charge in [0, 0.05) is 35.8 Å². The topological polar surface area (TPSA) is 117 Å². The predicted octanol–water partition coefficient (Wildman–Crippen LogP) is 1.76. The summed E-state index contributed by atoms with van der Waals surface area (Å²) in [4.78, 5) is 17.5. The highest BCUT2D eigenvalue weighted by molar-refractivity contribution is 6.05. The molecule has 0 aliphatic heterocycles. The minimum atomic E-state index is -0.276. The molecule has 1 amide bonds. The van der Waals surface area contributed by atoms with E-state index in [9.17, 15) is 4.79 Å². The lowest BCUT2D eigenvalue weighted by atomic mass is 10.1. The fourth-order valence-corrected chi connectivity index (χ4v) is 1.96. The number of rotatable bonds is 6. The molecule has 6 N–H and O–H groups in total. The molecule has 120 valence electrons. The van der Waals surface area contributed by atoms with Gasteiger partial charge in [-0.3, -0.25) is 9.63 Å². The number of nitrogens with one attached hydrogen (secondary N) is 2. The summed E-state index contributed by atoms with van der Waals surface area (Å²) in [6.45, 7) is 0.302. The molecule has 23 heavy (non-hydrogen) atoms. The van der Waals surface area contributed by atoms with E-state index in [1.54, 1.807) is 37.4 Å². The van der Waals surface area contributed by atoms with Crippen LogP contribution in [0.2, 0.25) is 0 Å². The van der Waals surface area contributed by atoms with Crippen molar-refractivity contribution in [3.63, 3.8) is 0 Å². The normalized spacial score (nSPS) is 10.6. The van der Waals surface area contributed by atoms with Crippen molar-refractivity contribution in [3.8, 4) is 0 Å². The lowest BCUT2D eigenvalue weighted by Crippen LogP contribution is -2.25. The second-order valence-corrected chi connectivity index (χ2v) is 4.96. The SMILES string of the molecule is CN(N)OCc1cccc(NC(=O)c2ccc(N)c(C=N)c2)c1. The molecule has 7 nitrogen and oxygen atoms in total. The second-order valence-electron chi connectivity index (χ2n) is 4.96. The minimum Gasteiger partial charge on any atom is -0.398 e. The van der Waals surface area contributed by atoms with Crippen LogP contribution in [-0.2, 0) is 11.4 Å². The van der Waals surface area contributed by atoms with Gasteiger partial charge >= 0.3 is 0 Å². The van der Waals surface area contributed by atoms with Crippen LogP contribution in [0.25, 0.3) is 0 Å². The van der Waals surface area contributed by atoms with Gasteiger partial charge in [-0.05, 0) is 35.9 Å². The van der Waals surface area contributed by atoms with Crippen molar-refractivity contribution in [2.24, 2.45) is 5.84 Å². The van der Waals surface area contributed by atoms with Crippen LogP contribution in [0.3, 0.4) is 0 Å². The molecule has 2 aromatic rings. The van der Waals surface area contributed by atoms with E-state index in [0.717, 1.165) is 17.0 Å². The second kappa shape index (κ2) is 7.50. The first-order valence-corrected chi connectivity index (χ1v) is 6.91. The van der Waals surface area contributed by atoms with Gasteiger partial charge < -0.3 is 16.5 Å². The van der Waals surface area contributed by atoms with Crippen LogP contribution >= 0.6 is 0 Å². The van der Waals surface area contributed by atoms with Crippen LogP contribution in [-0.4, -0.2) is 24.3 Å². The largest absolute Gasteiger partial charge is 0.398 e. The maximum atomic E-state index is 12.3. The van der Waals surface area contributed by atoms with E-state index >= 15 is 0 Å². The van der Waals surface area contributed by atoms with E-state index in [0.29, 0.717) is 29.1 Å². The quantitative estimate of drug-likeness (QED) is 0.280. The minimum absolute atomic E-state index is 0.276. The van der Waals surface area contributed by atoms with Gasteiger partial charge in [-0.2, -0.15) is 0 Å².